The minimum atomic E-state index is -0.468. The summed E-state index contributed by atoms with van der Waals surface area (Å²) in [4.78, 5) is 21.5. The number of rotatable bonds is 3. The van der Waals surface area contributed by atoms with Crippen LogP contribution in [0.5, 0.6) is 11.5 Å². The Labute approximate surface area is 160 Å². The van der Waals surface area contributed by atoms with Crippen molar-refractivity contribution in [3.8, 4) is 11.5 Å². The molecule has 5 rings (SSSR count). The quantitative estimate of drug-likeness (QED) is 0.723. The zero-order valence-electron chi connectivity index (χ0n) is 14.9. The molecule has 2 aromatic heterocycles. The summed E-state index contributed by atoms with van der Waals surface area (Å²) in [6.45, 7) is 2.03. The molecular weight excluding hydrogens is 360 g/mol. The van der Waals surface area contributed by atoms with Crippen LogP contribution in [0.2, 0.25) is 0 Å². The molecule has 1 amide bonds. The predicted octanol–water partition coefficient (Wildman–Crippen LogP) is 2.33. The molecule has 0 fully saturated rings. The van der Waals surface area contributed by atoms with Gasteiger partial charge < -0.3 is 20.1 Å². The number of benzene rings is 1. The number of anilines is 2. The van der Waals surface area contributed by atoms with Crippen molar-refractivity contribution >= 4 is 17.5 Å². The highest BCUT2D eigenvalue weighted by Crippen LogP contribution is 2.40. The van der Waals surface area contributed by atoms with Gasteiger partial charge in [0, 0.05) is 11.9 Å². The van der Waals surface area contributed by atoms with Crippen LogP contribution in [-0.4, -0.2) is 32.4 Å². The summed E-state index contributed by atoms with van der Waals surface area (Å²) in [7, 11) is 0. The van der Waals surface area contributed by atoms with E-state index >= 15 is 0 Å². The fourth-order valence-electron chi connectivity index (χ4n) is 3.41. The van der Waals surface area contributed by atoms with Crippen molar-refractivity contribution in [2.45, 2.75) is 13.0 Å². The van der Waals surface area contributed by atoms with E-state index in [9.17, 15) is 4.79 Å². The van der Waals surface area contributed by atoms with Crippen LogP contribution in [0.3, 0.4) is 0 Å². The van der Waals surface area contributed by atoms with Crippen molar-refractivity contribution in [3.05, 3.63) is 65.9 Å². The van der Waals surface area contributed by atoms with E-state index in [2.05, 4.69) is 25.7 Å². The average Bonchev–Trinajstić information content (AvgIpc) is 3.35. The third kappa shape index (κ3) is 2.64. The van der Waals surface area contributed by atoms with Gasteiger partial charge in [-0.15, -0.1) is 0 Å². The maximum atomic E-state index is 13.2. The summed E-state index contributed by atoms with van der Waals surface area (Å²) in [6, 6.07) is 8.69. The molecule has 28 heavy (non-hydrogen) atoms. The summed E-state index contributed by atoms with van der Waals surface area (Å²) in [6.07, 6.45) is 4.71. The number of pyridine rings is 1. The lowest BCUT2D eigenvalue weighted by Crippen LogP contribution is -2.31. The first kappa shape index (κ1) is 16.3. The Kier molecular flexibility index (Phi) is 3.71. The van der Waals surface area contributed by atoms with Gasteiger partial charge in [0.1, 0.15) is 12.4 Å². The Balaban J connectivity index is 1.58. The molecule has 0 saturated heterocycles. The minimum absolute atomic E-state index is 0.183. The lowest BCUT2D eigenvalue weighted by Gasteiger charge is -2.28. The SMILES string of the molecule is CC1=C(C(=O)Nc2cccnc2)[C@@H](c2ccc3c(c2)OCO3)n2ncnc2N1. The molecule has 2 N–H and O–H groups in total. The van der Waals surface area contributed by atoms with Crippen LogP contribution in [0.4, 0.5) is 11.6 Å². The van der Waals surface area contributed by atoms with Gasteiger partial charge in [0.25, 0.3) is 5.91 Å². The molecule has 2 aliphatic heterocycles. The van der Waals surface area contributed by atoms with E-state index in [4.69, 9.17) is 9.47 Å². The lowest BCUT2D eigenvalue weighted by molar-refractivity contribution is -0.113. The molecule has 3 aromatic rings. The van der Waals surface area contributed by atoms with E-state index in [1.54, 1.807) is 29.2 Å². The number of hydrogen-bond acceptors (Lipinski definition) is 7. The predicted molar refractivity (Wildman–Crippen MR) is 99.9 cm³/mol. The van der Waals surface area contributed by atoms with Gasteiger partial charge in [0.15, 0.2) is 11.5 Å². The van der Waals surface area contributed by atoms with Crippen molar-refractivity contribution in [2.75, 3.05) is 17.4 Å². The maximum Gasteiger partial charge on any atom is 0.255 e. The van der Waals surface area contributed by atoms with E-state index in [0.717, 1.165) is 5.56 Å². The van der Waals surface area contributed by atoms with Crippen LogP contribution in [0, 0.1) is 0 Å². The lowest BCUT2D eigenvalue weighted by atomic mass is 9.94. The molecule has 0 spiro atoms. The number of ether oxygens (including phenoxy) is 2. The van der Waals surface area contributed by atoms with Crippen LogP contribution in [-0.2, 0) is 4.79 Å². The van der Waals surface area contributed by atoms with Crippen LogP contribution in [0.25, 0.3) is 0 Å². The highest BCUT2D eigenvalue weighted by atomic mass is 16.7. The van der Waals surface area contributed by atoms with E-state index in [1.807, 2.05) is 25.1 Å². The largest absolute Gasteiger partial charge is 0.454 e. The molecule has 9 heteroatoms. The number of amides is 1. The zero-order chi connectivity index (χ0) is 19.1. The van der Waals surface area contributed by atoms with E-state index in [0.29, 0.717) is 34.4 Å². The molecule has 0 aliphatic carbocycles. The monoisotopic (exact) mass is 376 g/mol. The van der Waals surface area contributed by atoms with Crippen LogP contribution < -0.4 is 20.1 Å². The topological polar surface area (TPSA) is 103 Å². The van der Waals surface area contributed by atoms with E-state index in [1.165, 1.54) is 6.33 Å². The molecule has 0 bridgehead atoms. The van der Waals surface area contributed by atoms with Gasteiger partial charge in [0.05, 0.1) is 17.5 Å². The molecule has 4 heterocycles. The highest BCUT2D eigenvalue weighted by Gasteiger charge is 2.34. The number of aromatic nitrogens is 4. The maximum absolute atomic E-state index is 13.2. The van der Waals surface area contributed by atoms with Crippen LogP contribution in [0.1, 0.15) is 18.5 Å². The van der Waals surface area contributed by atoms with Crippen molar-refractivity contribution in [3.63, 3.8) is 0 Å². The van der Waals surface area contributed by atoms with Gasteiger partial charge in [-0.05, 0) is 36.8 Å². The van der Waals surface area contributed by atoms with Gasteiger partial charge in [0.2, 0.25) is 12.7 Å². The number of carbonyl (C=O) groups excluding carboxylic acids is 1. The Morgan fingerprint density at radius 1 is 1.29 bits per heavy atom. The van der Waals surface area contributed by atoms with Crippen molar-refractivity contribution in [1.29, 1.82) is 0 Å². The zero-order valence-corrected chi connectivity index (χ0v) is 14.9. The summed E-state index contributed by atoms with van der Waals surface area (Å²) in [5.41, 5.74) is 2.68. The standard InChI is InChI=1S/C19H16N6O3/c1-11-16(18(26)24-13-3-2-6-20-8-13)17(25-19(23-11)21-9-22-25)12-4-5-14-15(7-12)28-10-27-14/h2-9,17H,10H2,1H3,(H,24,26)(H,21,22,23)/t17-/m1/s1. The third-order valence-corrected chi connectivity index (χ3v) is 4.67. The highest BCUT2D eigenvalue weighted by molar-refractivity contribution is 6.05. The Morgan fingerprint density at radius 2 is 2.18 bits per heavy atom. The molecule has 2 aliphatic rings. The molecule has 0 radical (unpaired) electrons. The molecule has 0 saturated carbocycles. The van der Waals surface area contributed by atoms with E-state index < -0.39 is 6.04 Å². The van der Waals surface area contributed by atoms with Gasteiger partial charge in [-0.25, -0.2) is 4.68 Å². The van der Waals surface area contributed by atoms with Gasteiger partial charge in [-0.1, -0.05) is 6.07 Å². The van der Waals surface area contributed by atoms with Crippen molar-refractivity contribution < 1.29 is 14.3 Å². The first-order chi connectivity index (χ1) is 13.7. The molecule has 1 aromatic carbocycles. The summed E-state index contributed by atoms with van der Waals surface area (Å²) < 4.78 is 12.6. The van der Waals surface area contributed by atoms with Gasteiger partial charge in [-0.3, -0.25) is 9.78 Å². The Morgan fingerprint density at radius 3 is 3.04 bits per heavy atom. The number of nitrogens with one attached hydrogen (secondary N) is 2. The second kappa shape index (κ2) is 6.38. The fraction of sp³-hybridized carbons (Fsp3) is 0.158. The fourth-order valence-corrected chi connectivity index (χ4v) is 3.41. The molecule has 9 nitrogen and oxygen atoms in total. The number of carbonyl (C=O) groups is 1. The molecular formula is C19H16N6O3. The average molecular weight is 376 g/mol. The third-order valence-electron chi connectivity index (χ3n) is 4.67. The number of nitrogens with zero attached hydrogens (tertiary/aromatic N) is 4. The Bertz CT molecular complexity index is 1090. The first-order valence-electron chi connectivity index (χ1n) is 8.69. The molecule has 1 atom stereocenters. The molecule has 0 unspecified atom stereocenters. The van der Waals surface area contributed by atoms with Crippen LogP contribution in [0.15, 0.2) is 60.3 Å². The smallest absolute Gasteiger partial charge is 0.255 e. The second-order valence-corrected chi connectivity index (χ2v) is 6.40. The number of hydrogen-bond donors (Lipinski definition) is 2. The number of fused-ring (bicyclic) bond motifs is 2. The van der Waals surface area contributed by atoms with Crippen molar-refractivity contribution in [1.82, 2.24) is 19.7 Å². The minimum Gasteiger partial charge on any atom is -0.454 e. The van der Waals surface area contributed by atoms with Gasteiger partial charge >= 0.3 is 0 Å². The van der Waals surface area contributed by atoms with Crippen LogP contribution >= 0.6 is 0 Å². The molecule has 140 valence electrons. The number of allylic oxidation sites excluding steroid dienone is 1. The van der Waals surface area contributed by atoms with Crippen molar-refractivity contribution in [2.24, 2.45) is 0 Å². The normalized spacial score (nSPS) is 17.1. The summed E-state index contributed by atoms with van der Waals surface area (Å²) >= 11 is 0. The van der Waals surface area contributed by atoms with Gasteiger partial charge in [-0.2, -0.15) is 10.1 Å². The second-order valence-electron chi connectivity index (χ2n) is 6.40. The summed E-state index contributed by atoms with van der Waals surface area (Å²) in [5.74, 6) is 1.64. The summed E-state index contributed by atoms with van der Waals surface area (Å²) in [5, 5.41) is 10.4. The van der Waals surface area contributed by atoms with E-state index in [-0.39, 0.29) is 12.7 Å². The first-order valence-corrected chi connectivity index (χ1v) is 8.69. The Hall–Kier alpha value is -3.88.